The maximum atomic E-state index is 13.1. The van der Waals surface area contributed by atoms with Crippen molar-refractivity contribution in [3.05, 3.63) is 47.0 Å². The molecule has 2 aromatic carbocycles. The fourth-order valence-corrected chi connectivity index (χ4v) is 5.45. The second-order valence-electron chi connectivity index (χ2n) is 10.8. The van der Waals surface area contributed by atoms with E-state index < -0.39 is 0 Å². The molecule has 10 nitrogen and oxygen atoms in total. The summed E-state index contributed by atoms with van der Waals surface area (Å²) in [6, 6.07) is 9.17. The topological polar surface area (TPSA) is 142 Å². The summed E-state index contributed by atoms with van der Waals surface area (Å²) in [6.07, 6.45) is 4.60. The van der Waals surface area contributed by atoms with E-state index in [4.69, 9.17) is 10.5 Å². The minimum atomic E-state index is -0.312. The summed E-state index contributed by atoms with van der Waals surface area (Å²) >= 11 is 0. The molecule has 40 heavy (non-hydrogen) atoms. The van der Waals surface area contributed by atoms with E-state index in [0.717, 1.165) is 60.2 Å². The van der Waals surface area contributed by atoms with Crippen molar-refractivity contribution in [2.75, 3.05) is 31.2 Å². The van der Waals surface area contributed by atoms with E-state index in [1.54, 1.807) is 19.2 Å². The third-order valence-corrected chi connectivity index (χ3v) is 7.57. The molecule has 3 aromatic rings. The number of aryl methyl sites for hydroxylation is 1. The van der Waals surface area contributed by atoms with Crippen molar-refractivity contribution in [2.24, 2.45) is 5.92 Å². The third-order valence-electron chi connectivity index (χ3n) is 7.57. The standard InChI is InChI=1S/C30H40N6O4/c1-5-6-22(36-12-11-20-15-24(40-4)9-10-25(20)34-30(36)39)8-7-18(2)13-23(37)17-32-28(38)21-14-19(3)27-26(16-21)33-29(31)35-27/h9-10,14-16,18,22H,5-8,11-13,17H2,1-4H3,(H,32,38)(H,34,39)(H3,31,33,35). The van der Waals surface area contributed by atoms with Gasteiger partial charge in [-0.3, -0.25) is 9.59 Å². The molecule has 0 aliphatic carbocycles. The van der Waals surface area contributed by atoms with Gasteiger partial charge < -0.3 is 31.0 Å². The fraction of sp³-hybridized carbons (Fsp3) is 0.467. The van der Waals surface area contributed by atoms with E-state index in [1.165, 1.54) is 0 Å². The molecule has 0 saturated heterocycles. The van der Waals surface area contributed by atoms with Crippen molar-refractivity contribution < 1.29 is 19.1 Å². The van der Waals surface area contributed by atoms with Gasteiger partial charge in [-0.2, -0.15) is 0 Å². The van der Waals surface area contributed by atoms with Gasteiger partial charge >= 0.3 is 6.03 Å². The van der Waals surface area contributed by atoms with Crippen molar-refractivity contribution in [1.29, 1.82) is 0 Å². The lowest BCUT2D eigenvalue weighted by Gasteiger charge is -2.31. The number of ether oxygens (including phenoxy) is 1. The second kappa shape index (κ2) is 12.8. The maximum Gasteiger partial charge on any atom is 0.322 e. The Morgan fingerprint density at radius 2 is 2.00 bits per heavy atom. The molecule has 1 aromatic heterocycles. The summed E-state index contributed by atoms with van der Waals surface area (Å²) in [5.41, 5.74) is 10.3. The molecule has 2 heterocycles. The molecule has 0 spiro atoms. The highest BCUT2D eigenvalue weighted by Crippen LogP contribution is 2.28. The Bertz CT molecular complexity index is 1380. The van der Waals surface area contributed by atoms with Crippen LogP contribution in [0.15, 0.2) is 30.3 Å². The zero-order valence-corrected chi connectivity index (χ0v) is 23.8. The smallest absolute Gasteiger partial charge is 0.322 e. The number of aromatic amines is 1. The Morgan fingerprint density at radius 1 is 1.20 bits per heavy atom. The number of anilines is 2. The highest BCUT2D eigenvalue weighted by atomic mass is 16.5. The lowest BCUT2D eigenvalue weighted by atomic mass is 9.94. The minimum absolute atomic E-state index is 0.0200. The predicted molar refractivity (Wildman–Crippen MR) is 157 cm³/mol. The number of amides is 3. The van der Waals surface area contributed by atoms with Crippen LogP contribution in [0.25, 0.3) is 11.0 Å². The van der Waals surface area contributed by atoms with E-state index >= 15 is 0 Å². The number of nitrogens with zero attached hydrogens (tertiary/aromatic N) is 2. The molecule has 0 saturated carbocycles. The predicted octanol–water partition coefficient (Wildman–Crippen LogP) is 4.83. The number of imidazole rings is 1. The number of hydrogen-bond acceptors (Lipinski definition) is 6. The van der Waals surface area contributed by atoms with Crippen molar-refractivity contribution in [3.63, 3.8) is 0 Å². The van der Waals surface area contributed by atoms with Crippen LogP contribution in [0.2, 0.25) is 0 Å². The number of hydrogen-bond donors (Lipinski definition) is 4. The Morgan fingerprint density at radius 3 is 2.75 bits per heavy atom. The van der Waals surface area contributed by atoms with Gasteiger partial charge in [-0.15, -0.1) is 0 Å². The van der Waals surface area contributed by atoms with Gasteiger partial charge in [-0.25, -0.2) is 9.78 Å². The van der Waals surface area contributed by atoms with E-state index in [9.17, 15) is 14.4 Å². The number of nitrogens with one attached hydrogen (secondary N) is 3. The Hall–Kier alpha value is -4.08. The van der Waals surface area contributed by atoms with Crippen LogP contribution in [0, 0.1) is 12.8 Å². The number of carbonyl (C=O) groups is 3. The monoisotopic (exact) mass is 548 g/mol. The van der Waals surface area contributed by atoms with Crippen molar-refractivity contribution in [2.45, 2.75) is 65.3 Å². The van der Waals surface area contributed by atoms with Crippen LogP contribution in [0.5, 0.6) is 5.75 Å². The molecule has 5 N–H and O–H groups in total. The van der Waals surface area contributed by atoms with E-state index in [1.807, 2.05) is 36.9 Å². The van der Waals surface area contributed by atoms with E-state index in [-0.39, 0.29) is 36.2 Å². The first-order valence-corrected chi connectivity index (χ1v) is 14.0. The van der Waals surface area contributed by atoms with Gasteiger partial charge in [0.25, 0.3) is 5.91 Å². The Balaban J connectivity index is 1.27. The average Bonchev–Trinajstić information content (AvgIpc) is 3.23. The molecule has 1 aliphatic rings. The van der Waals surface area contributed by atoms with Crippen molar-refractivity contribution in [3.8, 4) is 5.75 Å². The highest BCUT2D eigenvalue weighted by molar-refractivity contribution is 6.00. The Labute approximate surface area is 235 Å². The molecular formula is C30H40N6O4. The quantitative estimate of drug-likeness (QED) is 0.255. The molecule has 3 amide bonds. The number of methoxy groups -OCH3 is 1. The number of urea groups is 1. The van der Waals surface area contributed by atoms with Crippen LogP contribution in [0.3, 0.4) is 0 Å². The lowest BCUT2D eigenvalue weighted by molar-refractivity contribution is -0.119. The van der Waals surface area contributed by atoms with Crippen LogP contribution >= 0.6 is 0 Å². The summed E-state index contributed by atoms with van der Waals surface area (Å²) in [5, 5.41) is 5.81. The summed E-state index contributed by atoms with van der Waals surface area (Å²) < 4.78 is 5.35. The molecule has 0 bridgehead atoms. The molecule has 4 rings (SSSR count). The number of carbonyl (C=O) groups excluding carboxylic acids is 3. The largest absolute Gasteiger partial charge is 0.497 e. The second-order valence-corrected chi connectivity index (χ2v) is 10.8. The number of benzene rings is 2. The Kier molecular flexibility index (Phi) is 9.29. The van der Waals surface area contributed by atoms with Gasteiger partial charge in [0.15, 0.2) is 11.7 Å². The maximum absolute atomic E-state index is 13.1. The van der Waals surface area contributed by atoms with Crippen molar-refractivity contribution >= 4 is 40.4 Å². The number of H-pyrrole nitrogens is 1. The SMILES string of the molecule is CCCC(CCC(C)CC(=O)CNC(=O)c1cc(C)c2nc(N)[nH]c2c1)N1CCc2cc(OC)ccc2NC1=O. The number of nitrogen functional groups attached to an aromatic ring is 1. The molecular weight excluding hydrogens is 508 g/mol. The van der Waals surface area contributed by atoms with Crippen LogP contribution in [-0.4, -0.2) is 58.8 Å². The summed E-state index contributed by atoms with van der Waals surface area (Å²) in [5.74, 6) is 0.872. The molecule has 0 radical (unpaired) electrons. The van der Waals surface area contributed by atoms with Crippen LogP contribution in [0.4, 0.5) is 16.4 Å². The molecule has 214 valence electrons. The number of rotatable bonds is 12. The first-order chi connectivity index (χ1) is 19.2. The molecule has 10 heteroatoms. The van der Waals surface area contributed by atoms with Gasteiger partial charge in [-0.05, 0) is 80.0 Å². The number of fused-ring (bicyclic) bond motifs is 2. The number of ketones is 1. The molecule has 2 atom stereocenters. The minimum Gasteiger partial charge on any atom is -0.497 e. The first kappa shape index (κ1) is 28.9. The van der Waals surface area contributed by atoms with E-state index in [0.29, 0.717) is 30.0 Å². The molecule has 1 aliphatic heterocycles. The third kappa shape index (κ3) is 6.91. The zero-order chi connectivity index (χ0) is 28.8. The van der Waals surface area contributed by atoms with Gasteiger partial charge in [0.2, 0.25) is 0 Å². The van der Waals surface area contributed by atoms with Gasteiger partial charge in [-0.1, -0.05) is 20.3 Å². The van der Waals surface area contributed by atoms with Gasteiger partial charge in [0.1, 0.15) is 5.75 Å². The molecule has 2 unspecified atom stereocenters. The number of Topliss-reactive ketones (excluding diaryl/α,β-unsaturated/α-hetero) is 1. The lowest BCUT2D eigenvalue weighted by Crippen LogP contribution is -2.43. The average molecular weight is 549 g/mol. The van der Waals surface area contributed by atoms with E-state index in [2.05, 4.69) is 27.5 Å². The van der Waals surface area contributed by atoms with Gasteiger partial charge in [0.05, 0.1) is 24.7 Å². The van der Waals surface area contributed by atoms with Crippen LogP contribution < -0.4 is 21.1 Å². The van der Waals surface area contributed by atoms with Crippen molar-refractivity contribution in [1.82, 2.24) is 20.2 Å². The van der Waals surface area contributed by atoms with Gasteiger partial charge in [0, 0.05) is 30.3 Å². The fourth-order valence-electron chi connectivity index (χ4n) is 5.45. The zero-order valence-electron chi connectivity index (χ0n) is 23.8. The molecule has 0 fully saturated rings. The summed E-state index contributed by atoms with van der Waals surface area (Å²) in [4.78, 5) is 47.6. The first-order valence-electron chi connectivity index (χ1n) is 14.0. The number of aromatic nitrogens is 2. The normalized spacial score (nSPS) is 14.7. The summed E-state index contributed by atoms with van der Waals surface area (Å²) in [6.45, 7) is 6.64. The number of nitrogens with two attached hydrogens (primary N) is 1. The summed E-state index contributed by atoms with van der Waals surface area (Å²) in [7, 11) is 1.64. The van der Waals surface area contributed by atoms with Crippen LogP contribution in [0.1, 0.15) is 67.4 Å². The van der Waals surface area contributed by atoms with Crippen LogP contribution in [-0.2, 0) is 11.2 Å². The highest BCUT2D eigenvalue weighted by Gasteiger charge is 2.27.